The van der Waals surface area contributed by atoms with E-state index in [9.17, 15) is 41.0 Å². The van der Waals surface area contributed by atoms with Gasteiger partial charge in [0.25, 0.3) is 11.8 Å². The van der Waals surface area contributed by atoms with Crippen molar-refractivity contribution < 1.29 is 45.8 Å². The SMILES string of the molecule is O=C(NC1COCC1O)c1nc(C(=O)N2C3CCC2CC3)c(-c2cnc(NCC(F)(F)F)cc2C(F)(F)F)s1. The maximum atomic E-state index is 14.1. The number of carbonyl (C=O) groups excluding carboxylic acids is 2. The number of pyridine rings is 1. The first-order valence-electron chi connectivity index (χ1n) is 12.1. The lowest BCUT2D eigenvalue weighted by molar-refractivity contribution is -0.137. The van der Waals surface area contributed by atoms with Crippen LogP contribution in [0.4, 0.5) is 32.2 Å². The Kier molecular flexibility index (Phi) is 7.22. The van der Waals surface area contributed by atoms with Crippen LogP contribution >= 0.6 is 11.3 Å². The third-order valence-corrected chi connectivity index (χ3v) is 8.09. The van der Waals surface area contributed by atoms with Crippen LogP contribution < -0.4 is 10.6 Å². The van der Waals surface area contributed by atoms with E-state index in [2.05, 4.69) is 15.3 Å². The summed E-state index contributed by atoms with van der Waals surface area (Å²) in [5.41, 5.74) is -2.29. The number of ether oxygens (including phenoxy) is 1. The molecule has 2 atom stereocenters. The number of aliphatic hydroxyl groups is 1. The molecule has 3 N–H and O–H groups in total. The van der Waals surface area contributed by atoms with Gasteiger partial charge in [-0.1, -0.05) is 0 Å². The zero-order valence-corrected chi connectivity index (χ0v) is 20.9. The minimum atomic E-state index is -5.03. The molecule has 2 bridgehead atoms. The molecule has 16 heteroatoms. The van der Waals surface area contributed by atoms with E-state index in [-0.39, 0.29) is 40.9 Å². The molecule has 3 fully saturated rings. The van der Waals surface area contributed by atoms with Gasteiger partial charge in [-0.3, -0.25) is 9.59 Å². The van der Waals surface area contributed by atoms with Crippen molar-refractivity contribution in [3.63, 3.8) is 0 Å². The third-order valence-electron chi connectivity index (χ3n) is 7.00. The fourth-order valence-electron chi connectivity index (χ4n) is 5.18. The van der Waals surface area contributed by atoms with E-state index in [1.165, 1.54) is 0 Å². The van der Waals surface area contributed by atoms with Crippen LogP contribution in [0.2, 0.25) is 0 Å². The number of anilines is 1. The van der Waals surface area contributed by atoms with Gasteiger partial charge in [0.2, 0.25) is 0 Å². The standard InChI is InChI=1S/C23H23F6N5O4S/c24-22(25,26)9-31-16-5-13(23(27,28)29)12(6-30-16)18-17(21(37)34-10-1-2-11(34)4-3-10)33-20(39-18)19(36)32-14-7-38-8-15(14)35/h5-6,10-11,14-15,35H,1-4,7-9H2,(H,30,31)(H,32,36). The minimum absolute atomic E-state index is 0.00905. The Balaban J connectivity index is 1.55. The molecule has 3 saturated heterocycles. The Morgan fingerprint density at radius 3 is 2.33 bits per heavy atom. The predicted octanol–water partition coefficient (Wildman–Crippen LogP) is 3.45. The van der Waals surface area contributed by atoms with Crippen LogP contribution in [0.5, 0.6) is 0 Å². The summed E-state index contributed by atoms with van der Waals surface area (Å²) in [6.45, 7) is -1.59. The first-order valence-corrected chi connectivity index (χ1v) is 12.9. The summed E-state index contributed by atoms with van der Waals surface area (Å²) >= 11 is 0.536. The number of fused-ring (bicyclic) bond motifs is 2. The summed E-state index contributed by atoms with van der Waals surface area (Å²) in [6, 6.07) is -0.519. The Hall–Kier alpha value is -2.98. The second-order valence-corrected chi connectivity index (χ2v) is 10.6. The number of carbonyl (C=O) groups is 2. The monoisotopic (exact) mass is 579 g/mol. The van der Waals surface area contributed by atoms with Gasteiger partial charge in [0.05, 0.1) is 35.8 Å². The first-order chi connectivity index (χ1) is 18.3. The average molecular weight is 580 g/mol. The Labute approximate surface area is 221 Å². The molecule has 2 aromatic rings. The fourth-order valence-corrected chi connectivity index (χ4v) is 6.16. The highest BCUT2D eigenvalue weighted by atomic mass is 32.1. The van der Waals surface area contributed by atoms with Crippen LogP contribution in [0.15, 0.2) is 12.3 Å². The quantitative estimate of drug-likeness (QED) is 0.449. The van der Waals surface area contributed by atoms with Crippen LogP contribution in [0, 0.1) is 0 Å². The second-order valence-electron chi connectivity index (χ2n) is 9.64. The second kappa shape index (κ2) is 10.2. The number of aliphatic hydroxyl groups excluding tert-OH is 1. The van der Waals surface area contributed by atoms with Crippen molar-refractivity contribution in [3.05, 3.63) is 28.5 Å². The number of aromatic nitrogens is 2. The summed E-state index contributed by atoms with van der Waals surface area (Å²) in [4.78, 5) is 35.7. The van der Waals surface area contributed by atoms with Gasteiger partial charge < -0.3 is 25.4 Å². The van der Waals surface area contributed by atoms with Crippen LogP contribution in [0.25, 0.3) is 10.4 Å². The van der Waals surface area contributed by atoms with Crippen molar-refractivity contribution >= 4 is 29.0 Å². The van der Waals surface area contributed by atoms with Gasteiger partial charge in [-0.2, -0.15) is 26.3 Å². The molecule has 0 aromatic carbocycles. The van der Waals surface area contributed by atoms with E-state index in [0.29, 0.717) is 17.4 Å². The van der Waals surface area contributed by atoms with Crippen LogP contribution in [0.1, 0.15) is 51.5 Å². The van der Waals surface area contributed by atoms with E-state index in [1.807, 2.05) is 5.32 Å². The number of alkyl halides is 6. The van der Waals surface area contributed by atoms with E-state index >= 15 is 0 Å². The number of hydrogen-bond acceptors (Lipinski definition) is 8. The van der Waals surface area contributed by atoms with Gasteiger partial charge in [0, 0.05) is 23.8 Å². The number of hydrogen-bond donors (Lipinski definition) is 3. The van der Waals surface area contributed by atoms with Crippen molar-refractivity contribution in [1.29, 1.82) is 0 Å². The summed E-state index contributed by atoms with van der Waals surface area (Å²) in [5, 5.41) is 14.0. The van der Waals surface area contributed by atoms with Gasteiger partial charge in [0.1, 0.15) is 18.1 Å². The summed E-state index contributed by atoms with van der Waals surface area (Å²) in [5.74, 6) is -2.10. The smallest absolute Gasteiger partial charge is 0.388 e. The highest BCUT2D eigenvalue weighted by Crippen LogP contribution is 2.44. The molecule has 0 spiro atoms. The zero-order chi connectivity index (χ0) is 28.1. The molecular weight excluding hydrogens is 556 g/mol. The number of thiazole rings is 1. The van der Waals surface area contributed by atoms with Crippen LogP contribution in [-0.2, 0) is 10.9 Å². The fraction of sp³-hybridized carbons (Fsp3) is 0.565. The Morgan fingerprint density at radius 1 is 1.10 bits per heavy atom. The van der Waals surface area contributed by atoms with Crippen LogP contribution in [-0.4, -0.2) is 82.0 Å². The molecule has 2 unspecified atom stereocenters. The van der Waals surface area contributed by atoms with Gasteiger partial charge in [-0.25, -0.2) is 9.97 Å². The first kappa shape index (κ1) is 27.6. The van der Waals surface area contributed by atoms with Crippen molar-refractivity contribution in [1.82, 2.24) is 20.2 Å². The molecule has 5 rings (SSSR count). The Bertz CT molecular complexity index is 1250. The van der Waals surface area contributed by atoms with Gasteiger partial charge in [0.15, 0.2) is 5.01 Å². The number of amides is 2. The topological polar surface area (TPSA) is 117 Å². The molecule has 5 heterocycles. The summed E-state index contributed by atoms with van der Waals surface area (Å²) < 4.78 is 85.3. The maximum Gasteiger partial charge on any atom is 0.417 e. The van der Waals surface area contributed by atoms with E-state index < -0.39 is 59.8 Å². The van der Waals surface area contributed by atoms with E-state index in [4.69, 9.17) is 4.74 Å². The molecule has 3 aliphatic heterocycles. The van der Waals surface area contributed by atoms with Gasteiger partial charge in [-0.15, -0.1) is 11.3 Å². The molecule has 0 radical (unpaired) electrons. The largest absolute Gasteiger partial charge is 0.417 e. The number of nitrogens with one attached hydrogen (secondary N) is 2. The lowest BCUT2D eigenvalue weighted by Gasteiger charge is -2.22. The molecule has 0 aliphatic carbocycles. The third kappa shape index (κ3) is 5.68. The molecule has 9 nitrogen and oxygen atoms in total. The number of halogens is 6. The number of rotatable bonds is 6. The van der Waals surface area contributed by atoms with Crippen LogP contribution in [0.3, 0.4) is 0 Å². The van der Waals surface area contributed by atoms with Crippen molar-refractivity contribution in [3.8, 4) is 10.4 Å². The molecular formula is C23H23F6N5O4S. The predicted molar refractivity (Wildman–Crippen MR) is 125 cm³/mol. The molecule has 2 aromatic heterocycles. The molecule has 0 saturated carbocycles. The highest BCUT2D eigenvalue weighted by molar-refractivity contribution is 7.17. The lowest BCUT2D eigenvalue weighted by atomic mass is 10.0. The molecule has 212 valence electrons. The molecule has 39 heavy (non-hydrogen) atoms. The normalized spacial score (nSPS) is 24.8. The van der Waals surface area contributed by atoms with Gasteiger partial charge in [-0.05, 0) is 31.7 Å². The highest BCUT2D eigenvalue weighted by Gasteiger charge is 2.45. The maximum absolute atomic E-state index is 14.1. The van der Waals surface area contributed by atoms with Crippen molar-refractivity contribution in [2.24, 2.45) is 0 Å². The summed E-state index contributed by atoms with van der Waals surface area (Å²) in [6.07, 6.45) is -7.00. The minimum Gasteiger partial charge on any atom is -0.388 e. The van der Waals surface area contributed by atoms with Gasteiger partial charge >= 0.3 is 12.4 Å². The van der Waals surface area contributed by atoms with E-state index in [1.54, 1.807) is 4.90 Å². The Morgan fingerprint density at radius 2 is 1.77 bits per heavy atom. The van der Waals surface area contributed by atoms with Crippen molar-refractivity contribution in [2.75, 3.05) is 25.1 Å². The van der Waals surface area contributed by atoms with E-state index in [0.717, 1.165) is 31.9 Å². The molecule has 3 aliphatic rings. The summed E-state index contributed by atoms with van der Waals surface area (Å²) in [7, 11) is 0. The lowest BCUT2D eigenvalue weighted by Crippen LogP contribution is -2.42. The number of nitrogens with zero attached hydrogens (tertiary/aromatic N) is 3. The van der Waals surface area contributed by atoms with Crippen molar-refractivity contribution in [2.45, 2.75) is 62.3 Å². The zero-order valence-electron chi connectivity index (χ0n) is 20.1. The molecule has 2 amide bonds. The average Bonchev–Trinajstić information content (AvgIpc) is 3.66.